The monoisotopic (exact) mass is 338 g/mol. The van der Waals surface area contributed by atoms with Gasteiger partial charge in [-0.2, -0.15) is 0 Å². The number of pyridine rings is 1. The lowest BCUT2D eigenvalue weighted by atomic mass is 9.96. The first-order chi connectivity index (χ1) is 12.8. The van der Waals surface area contributed by atoms with Gasteiger partial charge in [-0.25, -0.2) is 0 Å². The third-order valence-electron chi connectivity index (χ3n) is 4.72. The first-order valence-corrected chi connectivity index (χ1v) is 8.98. The number of aromatic nitrogens is 1. The number of rotatable bonds is 5. The first-order valence-electron chi connectivity index (χ1n) is 8.98. The van der Waals surface area contributed by atoms with Crippen molar-refractivity contribution in [1.82, 2.24) is 10.3 Å². The molecule has 0 bridgehead atoms. The quantitative estimate of drug-likeness (QED) is 0.520. The average molecular weight is 338 g/mol. The van der Waals surface area contributed by atoms with Crippen LogP contribution in [-0.4, -0.2) is 4.98 Å². The van der Waals surface area contributed by atoms with E-state index in [-0.39, 0.29) is 0 Å². The lowest BCUT2D eigenvalue weighted by Crippen LogP contribution is -2.13. The summed E-state index contributed by atoms with van der Waals surface area (Å²) in [4.78, 5) is 4.36. The molecule has 4 rings (SSSR count). The number of hydrogen-bond donors (Lipinski definition) is 1. The van der Waals surface area contributed by atoms with Crippen molar-refractivity contribution in [2.75, 3.05) is 0 Å². The van der Waals surface area contributed by atoms with Crippen molar-refractivity contribution in [2.24, 2.45) is 0 Å². The minimum absolute atomic E-state index is 0.825. The molecule has 2 nitrogen and oxygen atoms in total. The van der Waals surface area contributed by atoms with Gasteiger partial charge in [0.15, 0.2) is 0 Å². The Hall–Kier alpha value is -2.97. The number of hydrogen-bond acceptors (Lipinski definition) is 2. The third-order valence-corrected chi connectivity index (χ3v) is 4.72. The summed E-state index contributed by atoms with van der Waals surface area (Å²) in [7, 11) is 0. The van der Waals surface area contributed by atoms with Gasteiger partial charge >= 0.3 is 0 Å². The van der Waals surface area contributed by atoms with E-state index < -0.39 is 0 Å². The Morgan fingerprint density at radius 1 is 0.808 bits per heavy atom. The van der Waals surface area contributed by atoms with E-state index in [1.807, 2.05) is 12.4 Å². The van der Waals surface area contributed by atoms with Crippen LogP contribution in [0.25, 0.3) is 21.9 Å². The van der Waals surface area contributed by atoms with Crippen LogP contribution >= 0.6 is 0 Å². The van der Waals surface area contributed by atoms with Gasteiger partial charge in [0.05, 0.1) is 0 Å². The molecule has 0 saturated carbocycles. The zero-order chi connectivity index (χ0) is 17.8. The molecule has 0 saturated heterocycles. The van der Waals surface area contributed by atoms with Crippen LogP contribution in [-0.2, 0) is 13.1 Å². The second-order valence-electron chi connectivity index (χ2n) is 6.65. The summed E-state index contributed by atoms with van der Waals surface area (Å²) in [5.41, 5.74) is 6.38. The molecule has 3 aromatic carbocycles. The van der Waals surface area contributed by atoms with E-state index in [2.05, 4.69) is 90.0 Å². The molecule has 0 unspecified atom stereocenters. The second kappa shape index (κ2) is 7.51. The van der Waals surface area contributed by atoms with Crippen LogP contribution in [0.4, 0.5) is 0 Å². The molecule has 0 aliphatic heterocycles. The summed E-state index contributed by atoms with van der Waals surface area (Å²) in [5, 5.41) is 6.03. The topological polar surface area (TPSA) is 24.9 Å². The summed E-state index contributed by atoms with van der Waals surface area (Å²) in [6, 6.07) is 25.7. The van der Waals surface area contributed by atoms with E-state index in [4.69, 9.17) is 0 Å². The van der Waals surface area contributed by atoms with Gasteiger partial charge in [-0.05, 0) is 40.6 Å². The Kier molecular flexibility index (Phi) is 4.76. The zero-order valence-electron chi connectivity index (χ0n) is 14.9. The van der Waals surface area contributed by atoms with Crippen LogP contribution < -0.4 is 5.32 Å². The molecule has 26 heavy (non-hydrogen) atoms. The predicted octanol–water partition coefficient (Wildman–Crippen LogP) is 5.50. The van der Waals surface area contributed by atoms with Crippen molar-refractivity contribution < 1.29 is 0 Å². The Bertz CT molecular complexity index is 1020. The molecule has 0 fully saturated rings. The van der Waals surface area contributed by atoms with Gasteiger partial charge in [-0.15, -0.1) is 0 Å². The molecule has 2 heteroatoms. The van der Waals surface area contributed by atoms with Crippen LogP contribution in [0.2, 0.25) is 0 Å². The zero-order valence-corrected chi connectivity index (χ0v) is 14.9. The molecule has 0 atom stereocenters. The maximum absolute atomic E-state index is 4.36. The predicted molar refractivity (Wildman–Crippen MR) is 109 cm³/mol. The van der Waals surface area contributed by atoms with Crippen molar-refractivity contribution in [2.45, 2.75) is 20.0 Å². The minimum Gasteiger partial charge on any atom is -0.309 e. The van der Waals surface area contributed by atoms with Crippen LogP contribution in [0.1, 0.15) is 16.7 Å². The summed E-state index contributed by atoms with van der Waals surface area (Å²) in [6.45, 7) is 3.82. The highest BCUT2D eigenvalue weighted by atomic mass is 14.8. The Labute approximate surface area is 154 Å². The van der Waals surface area contributed by atoms with Gasteiger partial charge in [0.25, 0.3) is 0 Å². The highest BCUT2D eigenvalue weighted by Gasteiger charge is 2.07. The van der Waals surface area contributed by atoms with Crippen molar-refractivity contribution in [3.8, 4) is 11.1 Å². The Morgan fingerprint density at radius 3 is 2.54 bits per heavy atom. The normalized spacial score (nSPS) is 11.0. The van der Waals surface area contributed by atoms with E-state index in [0.717, 1.165) is 13.1 Å². The van der Waals surface area contributed by atoms with Gasteiger partial charge < -0.3 is 5.32 Å². The molecule has 1 N–H and O–H groups in total. The number of nitrogens with zero attached hydrogens (tertiary/aromatic N) is 1. The lowest BCUT2D eigenvalue weighted by molar-refractivity contribution is 0.696. The van der Waals surface area contributed by atoms with E-state index in [1.54, 1.807) is 0 Å². The van der Waals surface area contributed by atoms with E-state index in [1.165, 1.54) is 38.6 Å². The molecule has 0 aliphatic rings. The molecule has 128 valence electrons. The van der Waals surface area contributed by atoms with Gasteiger partial charge in [0.2, 0.25) is 0 Å². The first kappa shape index (κ1) is 16.5. The molecular formula is C24H22N2. The van der Waals surface area contributed by atoms with E-state index in [0.29, 0.717) is 0 Å². The largest absolute Gasteiger partial charge is 0.309 e. The van der Waals surface area contributed by atoms with Gasteiger partial charge in [0.1, 0.15) is 0 Å². The maximum atomic E-state index is 4.36. The third kappa shape index (κ3) is 3.51. The summed E-state index contributed by atoms with van der Waals surface area (Å²) < 4.78 is 0. The van der Waals surface area contributed by atoms with Crippen LogP contribution in [0.15, 0.2) is 85.2 Å². The summed E-state index contributed by atoms with van der Waals surface area (Å²) in [6.07, 6.45) is 3.85. The molecule has 4 aromatic rings. The van der Waals surface area contributed by atoms with Crippen LogP contribution in [0.3, 0.4) is 0 Å². The fourth-order valence-electron chi connectivity index (χ4n) is 3.44. The molecule has 0 amide bonds. The molecule has 0 aliphatic carbocycles. The number of nitrogens with one attached hydrogen (secondary N) is 1. The summed E-state index contributed by atoms with van der Waals surface area (Å²) >= 11 is 0. The fourth-order valence-corrected chi connectivity index (χ4v) is 3.44. The van der Waals surface area contributed by atoms with E-state index >= 15 is 0 Å². The Morgan fingerprint density at radius 2 is 1.69 bits per heavy atom. The van der Waals surface area contributed by atoms with Crippen LogP contribution in [0.5, 0.6) is 0 Å². The molecule has 1 heterocycles. The smallest absolute Gasteiger partial charge is 0.0349 e. The van der Waals surface area contributed by atoms with Crippen molar-refractivity contribution in [3.05, 3.63) is 102 Å². The Balaban J connectivity index is 1.60. The lowest BCUT2D eigenvalue weighted by Gasteiger charge is -2.12. The second-order valence-corrected chi connectivity index (χ2v) is 6.65. The number of fused-ring (bicyclic) bond motifs is 1. The van der Waals surface area contributed by atoms with E-state index in [9.17, 15) is 0 Å². The average Bonchev–Trinajstić information content (AvgIpc) is 2.69. The SMILES string of the molecule is Cc1cccc(CNCc2ccc(-c3ccccc3)c3ccncc23)c1. The molecular weight excluding hydrogens is 316 g/mol. The van der Waals surface area contributed by atoms with Gasteiger partial charge in [-0.1, -0.05) is 72.3 Å². The standard InChI is InChI=1S/C24H22N2/c1-18-6-5-7-19(14-18)15-26-16-21-10-11-22(20-8-3-2-4-9-20)23-12-13-25-17-24(21)23/h2-14,17,26H,15-16H2,1H3. The van der Waals surface area contributed by atoms with Crippen LogP contribution in [0, 0.1) is 6.92 Å². The van der Waals surface area contributed by atoms with Gasteiger partial charge in [-0.3, -0.25) is 4.98 Å². The van der Waals surface area contributed by atoms with Crippen molar-refractivity contribution in [1.29, 1.82) is 0 Å². The fraction of sp³-hybridized carbons (Fsp3) is 0.125. The maximum Gasteiger partial charge on any atom is 0.0349 e. The van der Waals surface area contributed by atoms with Crippen molar-refractivity contribution >= 4 is 10.8 Å². The van der Waals surface area contributed by atoms with Crippen molar-refractivity contribution in [3.63, 3.8) is 0 Å². The highest BCUT2D eigenvalue weighted by molar-refractivity contribution is 5.98. The number of benzene rings is 3. The molecule has 0 radical (unpaired) electrons. The molecule has 0 spiro atoms. The summed E-state index contributed by atoms with van der Waals surface area (Å²) in [5.74, 6) is 0. The van der Waals surface area contributed by atoms with Gasteiger partial charge in [0, 0.05) is 30.9 Å². The minimum atomic E-state index is 0.825. The number of aryl methyl sites for hydroxylation is 1. The highest BCUT2D eigenvalue weighted by Crippen LogP contribution is 2.30. The molecule has 1 aromatic heterocycles.